The molecule has 0 radical (unpaired) electrons. The fraction of sp³-hybridized carbons (Fsp3) is 0.396. The first-order chi connectivity index (χ1) is 33.2. The van der Waals surface area contributed by atoms with Gasteiger partial charge in [-0.2, -0.15) is 9.97 Å². The van der Waals surface area contributed by atoms with E-state index in [9.17, 15) is 32.4 Å². The summed E-state index contributed by atoms with van der Waals surface area (Å²) >= 11 is 0. The van der Waals surface area contributed by atoms with E-state index in [1.165, 1.54) is 16.6 Å². The number of nitrogens with zero attached hydrogens (tertiary/aromatic N) is 8. The lowest BCUT2D eigenvalue weighted by molar-refractivity contribution is -0.136. The standard InChI is InChI=1S/C48H51FN12O7S/c1-69(67,68)60-18-12-29-3-2-4-37(42(29)60)52-44-34-11-15-50-43(34)54-48(55-44)51-30-5-8-38(36(49)24-30)57-16-13-31(14-17-57)56-19-21-58(22-20-56)41(63)23-28-26-59(27-28)32-6-7-33-35(25-32)47(66)61(46(33)65)39-9-10-40(62)53-45(39)64/h2-8,11,15,24-25,28,31,39H,9-10,12-14,16-23,26-27H2,1H3,(H,53,62,64)(H3,50,51,52,54,55). The van der Waals surface area contributed by atoms with Gasteiger partial charge in [0.25, 0.3) is 11.8 Å². The van der Waals surface area contributed by atoms with Crippen molar-refractivity contribution in [2.45, 2.75) is 50.6 Å². The van der Waals surface area contributed by atoms with Crippen molar-refractivity contribution in [3.05, 3.63) is 89.4 Å². The monoisotopic (exact) mass is 958 g/mol. The Kier molecular flexibility index (Phi) is 11.2. The maximum absolute atomic E-state index is 15.8. The number of nitrogens with one attached hydrogen (secondary N) is 4. The van der Waals surface area contributed by atoms with E-state index >= 15 is 4.39 Å². The number of aromatic amines is 1. The van der Waals surface area contributed by atoms with Gasteiger partial charge in [0.15, 0.2) is 0 Å². The summed E-state index contributed by atoms with van der Waals surface area (Å²) in [6.45, 7) is 5.90. The van der Waals surface area contributed by atoms with Gasteiger partial charge in [-0.1, -0.05) is 12.1 Å². The van der Waals surface area contributed by atoms with Gasteiger partial charge in [-0.15, -0.1) is 0 Å². The first-order valence-corrected chi connectivity index (χ1v) is 25.3. The zero-order valence-electron chi connectivity index (χ0n) is 37.9. The molecule has 0 spiro atoms. The molecular formula is C48H51FN12O7S. The molecule has 2 aromatic heterocycles. The van der Waals surface area contributed by atoms with Gasteiger partial charge in [-0.25, -0.2) is 12.8 Å². The third kappa shape index (κ3) is 8.36. The normalized spacial score (nSPS) is 20.4. The van der Waals surface area contributed by atoms with Crippen LogP contribution in [0.5, 0.6) is 0 Å². The van der Waals surface area contributed by atoms with Crippen LogP contribution >= 0.6 is 0 Å². The van der Waals surface area contributed by atoms with E-state index < -0.39 is 39.7 Å². The molecule has 5 aromatic rings. The molecule has 19 nitrogen and oxygen atoms in total. The van der Waals surface area contributed by atoms with Gasteiger partial charge in [-0.05, 0) is 79.8 Å². The van der Waals surface area contributed by atoms with Crippen LogP contribution in [0.3, 0.4) is 0 Å². The highest BCUT2D eigenvalue weighted by Gasteiger charge is 2.45. The Morgan fingerprint density at radius 1 is 0.826 bits per heavy atom. The molecule has 6 aliphatic rings. The Morgan fingerprint density at radius 2 is 1.61 bits per heavy atom. The smallest absolute Gasteiger partial charge is 0.262 e. The number of aromatic nitrogens is 3. The van der Waals surface area contributed by atoms with E-state index in [1.54, 1.807) is 30.5 Å². The van der Waals surface area contributed by atoms with Crippen LogP contribution in [0.4, 0.5) is 44.6 Å². The van der Waals surface area contributed by atoms with Crippen LogP contribution < -0.4 is 30.1 Å². The zero-order valence-corrected chi connectivity index (χ0v) is 38.7. The number of piperidine rings is 2. The lowest BCUT2D eigenvalue weighted by Crippen LogP contribution is -2.55. The van der Waals surface area contributed by atoms with Crippen LogP contribution in [0.2, 0.25) is 0 Å². The van der Waals surface area contributed by atoms with Gasteiger partial charge in [0, 0.05) is 101 Å². The summed E-state index contributed by atoms with van der Waals surface area (Å²) in [6, 6.07) is 16.9. The predicted octanol–water partition coefficient (Wildman–Crippen LogP) is 3.95. The number of benzene rings is 3. The van der Waals surface area contributed by atoms with Crippen LogP contribution in [0.1, 0.15) is 58.4 Å². The highest BCUT2D eigenvalue weighted by molar-refractivity contribution is 7.92. The molecule has 4 saturated heterocycles. The number of H-pyrrole nitrogens is 1. The third-order valence-corrected chi connectivity index (χ3v) is 15.6. The minimum atomic E-state index is -3.49. The molecule has 0 bridgehead atoms. The minimum absolute atomic E-state index is 0.0598. The number of para-hydroxylation sites is 1. The van der Waals surface area contributed by atoms with Crippen LogP contribution in [0, 0.1) is 11.7 Å². The molecule has 0 saturated carbocycles. The van der Waals surface area contributed by atoms with Crippen LogP contribution in [0.25, 0.3) is 11.0 Å². The Morgan fingerprint density at radius 3 is 2.36 bits per heavy atom. The molecule has 3 aromatic carbocycles. The number of halogens is 1. The maximum Gasteiger partial charge on any atom is 0.262 e. The van der Waals surface area contributed by atoms with Crippen molar-refractivity contribution < 1.29 is 36.8 Å². The lowest BCUT2D eigenvalue weighted by atomic mass is 9.94. The van der Waals surface area contributed by atoms with Crippen LogP contribution in [-0.4, -0.2) is 145 Å². The summed E-state index contributed by atoms with van der Waals surface area (Å²) in [4.78, 5) is 85.9. The summed E-state index contributed by atoms with van der Waals surface area (Å²) in [5.74, 6) is -1.52. The summed E-state index contributed by atoms with van der Waals surface area (Å²) in [7, 11) is -3.49. The molecule has 4 N–H and O–H groups in total. The largest absolute Gasteiger partial charge is 0.371 e. The van der Waals surface area contributed by atoms with Crippen molar-refractivity contribution in [2.75, 3.05) is 89.9 Å². The van der Waals surface area contributed by atoms with Gasteiger partial charge in [0.2, 0.25) is 33.7 Å². The molecule has 0 aliphatic carbocycles. The maximum atomic E-state index is 15.8. The number of rotatable bonds is 11. The topological polar surface area (TPSA) is 217 Å². The summed E-state index contributed by atoms with van der Waals surface area (Å²) in [6.07, 6.45) is 5.88. The molecular weight excluding hydrogens is 908 g/mol. The van der Waals surface area contributed by atoms with Crippen molar-refractivity contribution in [2.24, 2.45) is 5.92 Å². The van der Waals surface area contributed by atoms with E-state index in [4.69, 9.17) is 4.98 Å². The molecule has 8 heterocycles. The van der Waals surface area contributed by atoms with Crippen molar-refractivity contribution in [3.63, 3.8) is 0 Å². The predicted molar refractivity (Wildman–Crippen MR) is 256 cm³/mol. The number of hydrogen-bond donors (Lipinski definition) is 4. The van der Waals surface area contributed by atoms with E-state index in [2.05, 4.69) is 40.6 Å². The van der Waals surface area contributed by atoms with Crippen molar-refractivity contribution in [1.82, 2.24) is 35.0 Å². The average Bonchev–Trinajstić information content (AvgIpc) is 4.05. The number of amides is 5. The molecule has 69 heavy (non-hydrogen) atoms. The second kappa shape index (κ2) is 17.4. The molecule has 21 heteroatoms. The fourth-order valence-corrected chi connectivity index (χ4v) is 11.8. The average molecular weight is 959 g/mol. The van der Waals surface area contributed by atoms with Gasteiger partial charge in [0.1, 0.15) is 23.3 Å². The number of fused-ring (bicyclic) bond motifs is 3. The summed E-state index contributed by atoms with van der Waals surface area (Å²) in [5, 5.41) is 9.43. The number of hydrogen-bond acceptors (Lipinski definition) is 14. The van der Waals surface area contributed by atoms with Crippen LogP contribution in [0.15, 0.2) is 66.9 Å². The van der Waals surface area contributed by atoms with Gasteiger partial charge >= 0.3 is 0 Å². The van der Waals surface area contributed by atoms with Crippen LogP contribution in [-0.2, 0) is 30.8 Å². The molecule has 11 rings (SSSR count). The van der Waals surface area contributed by atoms with Crippen molar-refractivity contribution in [3.8, 4) is 0 Å². The first-order valence-electron chi connectivity index (χ1n) is 23.4. The third-order valence-electron chi connectivity index (χ3n) is 14.4. The Hall–Kier alpha value is -7.13. The fourth-order valence-electron chi connectivity index (χ4n) is 10.8. The number of carbonyl (C=O) groups is 5. The summed E-state index contributed by atoms with van der Waals surface area (Å²) < 4.78 is 42.5. The molecule has 358 valence electrons. The molecule has 1 unspecified atom stereocenters. The van der Waals surface area contributed by atoms with Crippen molar-refractivity contribution in [1.29, 1.82) is 0 Å². The molecule has 4 fully saturated rings. The second-order valence-corrected chi connectivity index (χ2v) is 20.6. The quantitative estimate of drug-likeness (QED) is 0.138. The Balaban J connectivity index is 0.646. The van der Waals surface area contributed by atoms with Crippen molar-refractivity contribution >= 4 is 90.8 Å². The van der Waals surface area contributed by atoms with E-state index in [-0.39, 0.29) is 47.6 Å². The minimum Gasteiger partial charge on any atom is -0.371 e. The number of anilines is 7. The number of piperazine rings is 1. The SMILES string of the molecule is CS(=O)(=O)N1CCc2cccc(Nc3nc(Nc4ccc(N5CCC(N6CCN(C(=O)CC7CN(c8ccc9c(c8)C(=O)N(C8CCC(=O)NC8=O)C9=O)C7)CC6)CC5)c(F)c4)nc4[nH]ccc34)c21. The van der Waals surface area contributed by atoms with E-state index in [0.29, 0.717) is 104 Å². The number of carbonyl (C=O) groups excluding carboxylic acids is 5. The summed E-state index contributed by atoms with van der Waals surface area (Å²) in [5.41, 5.74) is 4.94. The number of sulfonamides is 1. The Labute approximate surface area is 397 Å². The molecule has 5 amide bonds. The molecule has 6 aliphatic heterocycles. The first kappa shape index (κ1) is 44.4. The second-order valence-electron chi connectivity index (χ2n) is 18.7. The Bertz CT molecular complexity index is 3050. The molecule has 1 atom stereocenters. The number of imide groups is 2. The van der Waals surface area contributed by atoms with Gasteiger partial charge in [-0.3, -0.25) is 43.4 Å². The van der Waals surface area contributed by atoms with E-state index in [1.807, 2.05) is 35.2 Å². The van der Waals surface area contributed by atoms with E-state index in [0.717, 1.165) is 42.1 Å². The highest BCUT2D eigenvalue weighted by atomic mass is 32.2. The van der Waals surface area contributed by atoms with Gasteiger partial charge < -0.3 is 30.3 Å². The van der Waals surface area contributed by atoms with Gasteiger partial charge in [0.05, 0.1) is 39.8 Å². The highest BCUT2D eigenvalue weighted by Crippen LogP contribution is 2.40. The zero-order chi connectivity index (χ0) is 47.7. The lowest BCUT2D eigenvalue weighted by Gasteiger charge is -2.44.